The highest BCUT2D eigenvalue weighted by Gasteiger charge is 2.27. The molecule has 0 spiro atoms. The van der Waals surface area contributed by atoms with Gasteiger partial charge < -0.3 is 29.5 Å². The van der Waals surface area contributed by atoms with Gasteiger partial charge in [-0.05, 0) is 63.6 Å². The highest BCUT2D eigenvalue weighted by atomic mass is 16.3. The molecule has 1 saturated carbocycles. The van der Waals surface area contributed by atoms with Crippen LogP contribution >= 0.6 is 0 Å². The molecule has 0 aliphatic heterocycles. The number of imidazole rings is 1. The van der Waals surface area contributed by atoms with Crippen molar-refractivity contribution in [1.29, 1.82) is 0 Å². The lowest BCUT2D eigenvalue weighted by atomic mass is 9.92. The van der Waals surface area contributed by atoms with Gasteiger partial charge in [-0.3, -0.25) is 4.79 Å². The lowest BCUT2D eigenvalue weighted by Gasteiger charge is -2.29. The lowest BCUT2D eigenvalue weighted by molar-refractivity contribution is -0.0980. The average Bonchev–Trinajstić information content (AvgIpc) is 3.18. The van der Waals surface area contributed by atoms with Gasteiger partial charge in [-0.2, -0.15) is 0 Å². The van der Waals surface area contributed by atoms with Gasteiger partial charge in [0.05, 0.1) is 29.8 Å². The summed E-state index contributed by atoms with van der Waals surface area (Å²) in [6, 6.07) is 9.45. The number of pyridine rings is 1. The van der Waals surface area contributed by atoms with E-state index in [9.17, 15) is 15.0 Å². The number of anilines is 1. The Bertz CT molecular complexity index is 1120. The number of aryl methyl sites for hydroxylation is 1. The van der Waals surface area contributed by atoms with Crippen molar-refractivity contribution in [3.05, 3.63) is 58.3 Å². The van der Waals surface area contributed by atoms with Gasteiger partial charge in [-0.1, -0.05) is 6.07 Å². The molecule has 2 heterocycles. The third kappa shape index (κ3) is 5.51. The van der Waals surface area contributed by atoms with E-state index in [4.69, 9.17) is 9.78 Å². The zero-order valence-corrected chi connectivity index (χ0v) is 19.4. The van der Waals surface area contributed by atoms with Gasteiger partial charge in [0, 0.05) is 36.6 Å². The molecule has 1 aliphatic carbocycles. The molecule has 1 aliphatic rings. The number of nitrogens with zero attached hydrogens (tertiary/aromatic N) is 3. The highest BCUT2D eigenvalue weighted by Crippen LogP contribution is 2.36. The summed E-state index contributed by atoms with van der Waals surface area (Å²) in [6.07, 6.45) is 5.92. The number of aromatic nitrogens is 3. The van der Waals surface area contributed by atoms with Crippen molar-refractivity contribution in [2.45, 2.75) is 70.2 Å². The van der Waals surface area contributed by atoms with Gasteiger partial charge >= 0.3 is 0 Å². The second-order valence-electron chi connectivity index (χ2n) is 8.64. The number of rotatable bonds is 7. The van der Waals surface area contributed by atoms with E-state index in [-0.39, 0.29) is 17.7 Å². The van der Waals surface area contributed by atoms with E-state index < -0.39 is 6.10 Å². The minimum atomic E-state index is -0.391. The highest BCUT2D eigenvalue weighted by molar-refractivity contribution is 5.85. The number of nitrogens with one attached hydrogen (secondary N) is 1. The maximum Gasteiger partial charge on any atom is 0.250 e. The van der Waals surface area contributed by atoms with E-state index in [1.54, 1.807) is 29.8 Å². The molecule has 3 unspecified atom stereocenters. The summed E-state index contributed by atoms with van der Waals surface area (Å²) in [5.74, 6) is 0.828. The van der Waals surface area contributed by atoms with E-state index in [1.165, 1.54) is 0 Å². The van der Waals surface area contributed by atoms with Crippen molar-refractivity contribution in [1.82, 2.24) is 14.1 Å². The Morgan fingerprint density at radius 2 is 2.03 bits per heavy atom. The topological polar surface area (TPSA) is 109 Å². The Hall–Kier alpha value is -2.97. The first-order chi connectivity index (χ1) is 16.0. The SMILES string of the molecule is C=O.CNc1ccc2c(nc(Cn3ccccc3=O)n2C2CCCC(O)C2)c1CCC(C)O. The molecule has 0 amide bonds. The molecule has 8 nitrogen and oxygen atoms in total. The zero-order chi connectivity index (χ0) is 24.0. The predicted molar refractivity (Wildman–Crippen MR) is 130 cm³/mol. The summed E-state index contributed by atoms with van der Waals surface area (Å²) in [5, 5.41) is 23.4. The molecule has 2 aromatic heterocycles. The van der Waals surface area contributed by atoms with Crippen molar-refractivity contribution in [2.24, 2.45) is 0 Å². The second-order valence-corrected chi connectivity index (χ2v) is 8.64. The molecule has 8 heteroatoms. The van der Waals surface area contributed by atoms with Gasteiger partial charge in [0.2, 0.25) is 0 Å². The van der Waals surface area contributed by atoms with Crippen LogP contribution in [0.2, 0.25) is 0 Å². The summed E-state index contributed by atoms with van der Waals surface area (Å²) in [5.41, 5.74) is 3.96. The fourth-order valence-corrected chi connectivity index (χ4v) is 4.74. The Balaban J connectivity index is 0.00000149. The first kappa shape index (κ1) is 24.7. The van der Waals surface area contributed by atoms with Crippen LogP contribution in [0.4, 0.5) is 5.69 Å². The fourth-order valence-electron chi connectivity index (χ4n) is 4.74. The van der Waals surface area contributed by atoms with Crippen LogP contribution in [0.25, 0.3) is 11.0 Å². The van der Waals surface area contributed by atoms with Crippen LogP contribution in [0, 0.1) is 0 Å². The molecular formula is C25H34N4O4. The number of benzene rings is 1. The van der Waals surface area contributed by atoms with Crippen molar-refractivity contribution in [3.8, 4) is 0 Å². The van der Waals surface area contributed by atoms with Crippen LogP contribution in [0.15, 0.2) is 41.3 Å². The van der Waals surface area contributed by atoms with Gasteiger partial charge in [0.25, 0.3) is 5.56 Å². The van der Waals surface area contributed by atoms with E-state index in [0.29, 0.717) is 25.8 Å². The Morgan fingerprint density at radius 1 is 1.24 bits per heavy atom. The first-order valence-corrected chi connectivity index (χ1v) is 11.5. The van der Waals surface area contributed by atoms with Crippen LogP contribution < -0.4 is 10.9 Å². The molecule has 0 radical (unpaired) electrons. The number of fused-ring (bicyclic) bond motifs is 1. The Kier molecular flexibility index (Phi) is 8.41. The maximum atomic E-state index is 12.4. The van der Waals surface area contributed by atoms with Crippen LogP contribution in [0.1, 0.15) is 56.5 Å². The van der Waals surface area contributed by atoms with Crippen molar-refractivity contribution < 1.29 is 15.0 Å². The molecule has 3 N–H and O–H groups in total. The van der Waals surface area contributed by atoms with Crippen LogP contribution in [0.5, 0.6) is 0 Å². The fraction of sp³-hybridized carbons (Fsp3) is 0.480. The smallest absolute Gasteiger partial charge is 0.250 e. The zero-order valence-electron chi connectivity index (χ0n) is 19.4. The summed E-state index contributed by atoms with van der Waals surface area (Å²) < 4.78 is 3.91. The van der Waals surface area contributed by atoms with Crippen LogP contribution in [-0.4, -0.2) is 50.4 Å². The molecule has 33 heavy (non-hydrogen) atoms. The summed E-state index contributed by atoms with van der Waals surface area (Å²) in [6.45, 7) is 4.18. The maximum absolute atomic E-state index is 12.4. The van der Waals surface area contributed by atoms with Crippen molar-refractivity contribution >= 4 is 23.5 Å². The van der Waals surface area contributed by atoms with Crippen LogP contribution in [-0.2, 0) is 17.8 Å². The number of carbonyl (C=O) groups excluding carboxylic acids is 1. The summed E-state index contributed by atoms with van der Waals surface area (Å²) in [4.78, 5) is 25.4. The predicted octanol–water partition coefficient (Wildman–Crippen LogP) is 2.89. The van der Waals surface area contributed by atoms with E-state index in [0.717, 1.165) is 47.4 Å². The quantitative estimate of drug-likeness (QED) is 0.506. The number of aliphatic hydroxyl groups excluding tert-OH is 2. The Labute approximate surface area is 193 Å². The number of aliphatic hydroxyl groups is 2. The molecule has 1 fully saturated rings. The van der Waals surface area contributed by atoms with Gasteiger partial charge in [-0.25, -0.2) is 4.98 Å². The van der Waals surface area contributed by atoms with E-state index >= 15 is 0 Å². The first-order valence-electron chi connectivity index (χ1n) is 11.5. The summed E-state index contributed by atoms with van der Waals surface area (Å²) in [7, 11) is 1.89. The van der Waals surface area contributed by atoms with E-state index in [2.05, 4.69) is 22.0 Å². The minimum absolute atomic E-state index is 0.0602. The van der Waals surface area contributed by atoms with Crippen LogP contribution in [0.3, 0.4) is 0 Å². The van der Waals surface area contributed by atoms with Crippen molar-refractivity contribution in [3.63, 3.8) is 0 Å². The number of carbonyl (C=O) groups is 1. The summed E-state index contributed by atoms with van der Waals surface area (Å²) >= 11 is 0. The molecule has 3 aromatic rings. The molecule has 178 valence electrons. The normalized spacial score (nSPS) is 19.0. The molecule has 3 atom stereocenters. The molecule has 1 aromatic carbocycles. The Morgan fingerprint density at radius 3 is 2.70 bits per heavy atom. The largest absolute Gasteiger partial charge is 0.393 e. The average molecular weight is 455 g/mol. The number of hydrogen-bond donors (Lipinski definition) is 3. The van der Waals surface area contributed by atoms with Gasteiger partial charge in [0.15, 0.2) is 0 Å². The van der Waals surface area contributed by atoms with Gasteiger partial charge in [-0.15, -0.1) is 0 Å². The minimum Gasteiger partial charge on any atom is -0.393 e. The third-order valence-electron chi connectivity index (χ3n) is 6.32. The number of hydrogen-bond acceptors (Lipinski definition) is 6. The van der Waals surface area contributed by atoms with Gasteiger partial charge in [0.1, 0.15) is 12.6 Å². The molecule has 4 rings (SSSR count). The second kappa shape index (κ2) is 11.2. The molecule has 0 saturated heterocycles. The molecular weight excluding hydrogens is 420 g/mol. The standard InChI is InChI=1S/C24H32N4O3.CH2O/c1-16(29)9-10-19-20(25-2)11-12-21-24(19)26-22(15-27-13-4-3-8-23(27)31)28(21)17-6-5-7-18(30)14-17;1-2/h3-4,8,11-13,16-18,25,29-30H,5-7,9-10,14-15H2,1-2H3;1H2. The van der Waals surface area contributed by atoms with E-state index in [1.807, 2.05) is 19.9 Å². The van der Waals surface area contributed by atoms with Crippen molar-refractivity contribution in [2.75, 3.05) is 12.4 Å². The molecule has 0 bridgehead atoms. The lowest BCUT2D eigenvalue weighted by Crippen LogP contribution is -2.26. The monoisotopic (exact) mass is 454 g/mol. The third-order valence-corrected chi connectivity index (χ3v) is 6.32.